The van der Waals surface area contributed by atoms with Crippen LogP contribution in [0.1, 0.15) is 17.9 Å². The molecule has 0 aliphatic carbocycles. The Labute approximate surface area is 181 Å². The number of carbonyl (C=O) groups is 2. The zero-order valence-corrected chi connectivity index (χ0v) is 17.1. The van der Waals surface area contributed by atoms with E-state index in [1.165, 1.54) is 7.11 Å². The number of methoxy groups -OCH3 is 1. The average Bonchev–Trinajstić information content (AvgIpc) is 2.75. The van der Waals surface area contributed by atoms with Gasteiger partial charge in [-0.3, -0.25) is 19.4 Å². The van der Waals surface area contributed by atoms with Gasteiger partial charge in [-0.2, -0.15) is 4.98 Å². The van der Waals surface area contributed by atoms with Gasteiger partial charge < -0.3 is 20.7 Å². The minimum atomic E-state index is -1.01. The van der Waals surface area contributed by atoms with Crippen LogP contribution in [-0.2, 0) is 9.59 Å². The molecule has 0 saturated carbocycles. The second-order valence-electron chi connectivity index (χ2n) is 6.80. The highest BCUT2D eigenvalue weighted by atomic mass is 35.5. The molecule has 10 heteroatoms. The van der Waals surface area contributed by atoms with E-state index in [1.807, 2.05) is 0 Å². The first-order valence-electron chi connectivity index (χ1n) is 9.35. The number of hydrogen-bond donors (Lipinski definition) is 4. The number of carbonyl (C=O) groups excluding carboxylic acids is 2. The summed E-state index contributed by atoms with van der Waals surface area (Å²) in [7, 11) is 1.48. The summed E-state index contributed by atoms with van der Waals surface area (Å²) < 4.78 is 5.24. The molecular formula is C21H18ClN5O4. The van der Waals surface area contributed by atoms with Gasteiger partial charge in [0.05, 0.1) is 24.3 Å². The topological polar surface area (TPSA) is 125 Å². The minimum Gasteiger partial charge on any atom is -0.495 e. The largest absolute Gasteiger partial charge is 0.495 e. The molecule has 3 aromatic rings. The lowest BCUT2D eigenvalue weighted by Gasteiger charge is -2.24. The maximum Gasteiger partial charge on any atom is 0.258 e. The molecule has 1 aliphatic rings. The van der Waals surface area contributed by atoms with E-state index < -0.39 is 23.3 Å². The SMILES string of the molecule is COc1ccccc1NC(=O)C1CC(=O)Nc2nc(Nc3ccc(Cl)cc3)[nH]c(=O)c21. The zero-order valence-electron chi connectivity index (χ0n) is 16.4. The molecular weight excluding hydrogens is 422 g/mol. The van der Waals surface area contributed by atoms with E-state index >= 15 is 0 Å². The molecule has 2 amide bonds. The Hall–Kier alpha value is -3.85. The molecule has 1 unspecified atom stereocenters. The number of ether oxygens (including phenoxy) is 1. The number of rotatable bonds is 5. The van der Waals surface area contributed by atoms with Crippen molar-refractivity contribution in [1.82, 2.24) is 9.97 Å². The van der Waals surface area contributed by atoms with Crippen LogP contribution in [0.25, 0.3) is 0 Å². The summed E-state index contributed by atoms with van der Waals surface area (Å²) in [5, 5.41) is 8.80. The number of fused-ring (bicyclic) bond motifs is 1. The maximum atomic E-state index is 12.9. The number of aromatic amines is 1. The first kappa shape index (κ1) is 20.4. The lowest BCUT2D eigenvalue weighted by molar-refractivity contribution is -0.123. The Balaban J connectivity index is 1.64. The van der Waals surface area contributed by atoms with Crippen LogP contribution in [-0.4, -0.2) is 28.9 Å². The summed E-state index contributed by atoms with van der Waals surface area (Å²) in [5.74, 6) is -1.30. The fourth-order valence-electron chi connectivity index (χ4n) is 3.29. The number of nitrogens with one attached hydrogen (secondary N) is 4. The van der Waals surface area contributed by atoms with Crippen molar-refractivity contribution in [3.63, 3.8) is 0 Å². The van der Waals surface area contributed by atoms with Crippen molar-refractivity contribution >= 4 is 46.6 Å². The smallest absolute Gasteiger partial charge is 0.258 e. The molecule has 1 aliphatic heterocycles. The molecule has 0 saturated heterocycles. The van der Waals surface area contributed by atoms with Crippen LogP contribution in [0.5, 0.6) is 5.75 Å². The fraction of sp³-hybridized carbons (Fsp3) is 0.143. The van der Waals surface area contributed by atoms with E-state index in [0.29, 0.717) is 22.1 Å². The molecule has 31 heavy (non-hydrogen) atoms. The highest BCUT2D eigenvalue weighted by Gasteiger charge is 2.35. The van der Waals surface area contributed by atoms with Gasteiger partial charge in [0.15, 0.2) is 0 Å². The Bertz CT molecular complexity index is 1210. The quantitative estimate of drug-likeness (QED) is 0.483. The Morgan fingerprint density at radius 1 is 1.16 bits per heavy atom. The molecule has 1 atom stereocenters. The third-order valence-corrected chi connectivity index (χ3v) is 4.99. The molecule has 2 heterocycles. The van der Waals surface area contributed by atoms with Crippen LogP contribution in [0.4, 0.5) is 23.1 Å². The van der Waals surface area contributed by atoms with Gasteiger partial charge in [-0.15, -0.1) is 0 Å². The first-order valence-corrected chi connectivity index (χ1v) is 9.73. The van der Waals surface area contributed by atoms with E-state index in [1.54, 1.807) is 48.5 Å². The van der Waals surface area contributed by atoms with Crippen LogP contribution >= 0.6 is 11.6 Å². The molecule has 0 spiro atoms. The predicted molar refractivity (Wildman–Crippen MR) is 117 cm³/mol. The summed E-state index contributed by atoms with van der Waals surface area (Å²) in [4.78, 5) is 44.9. The van der Waals surface area contributed by atoms with Crippen molar-refractivity contribution in [3.05, 3.63) is 69.5 Å². The summed E-state index contributed by atoms with van der Waals surface area (Å²) >= 11 is 5.88. The zero-order chi connectivity index (χ0) is 22.0. The van der Waals surface area contributed by atoms with E-state index in [2.05, 4.69) is 25.9 Å². The van der Waals surface area contributed by atoms with Gasteiger partial charge in [0, 0.05) is 17.1 Å². The lowest BCUT2D eigenvalue weighted by atomic mass is 9.92. The van der Waals surface area contributed by atoms with E-state index in [-0.39, 0.29) is 23.8 Å². The van der Waals surface area contributed by atoms with Gasteiger partial charge in [-0.05, 0) is 36.4 Å². The highest BCUT2D eigenvalue weighted by Crippen LogP contribution is 2.31. The van der Waals surface area contributed by atoms with Gasteiger partial charge in [-0.1, -0.05) is 23.7 Å². The van der Waals surface area contributed by atoms with Crippen molar-refractivity contribution in [2.24, 2.45) is 0 Å². The molecule has 0 bridgehead atoms. The molecule has 0 radical (unpaired) electrons. The molecule has 158 valence electrons. The van der Waals surface area contributed by atoms with Gasteiger partial charge in [0.1, 0.15) is 11.6 Å². The number of nitrogens with zero attached hydrogens (tertiary/aromatic N) is 1. The molecule has 1 aromatic heterocycles. The number of aromatic nitrogens is 2. The Morgan fingerprint density at radius 3 is 2.65 bits per heavy atom. The molecule has 9 nitrogen and oxygen atoms in total. The van der Waals surface area contributed by atoms with Gasteiger partial charge in [0.25, 0.3) is 5.56 Å². The third-order valence-electron chi connectivity index (χ3n) is 4.74. The van der Waals surface area contributed by atoms with Gasteiger partial charge in [-0.25, -0.2) is 0 Å². The number of hydrogen-bond acceptors (Lipinski definition) is 6. The molecule has 4 N–H and O–H groups in total. The summed E-state index contributed by atoms with van der Waals surface area (Å²) in [6.45, 7) is 0. The third kappa shape index (κ3) is 4.36. The van der Waals surface area contributed by atoms with Crippen LogP contribution < -0.4 is 26.2 Å². The standard InChI is InChI=1S/C21H18ClN5O4/c1-31-15-5-3-2-4-14(15)24-19(29)13-10-16(28)25-18-17(13)20(30)27-21(26-18)23-12-8-6-11(22)7-9-12/h2-9,13H,10H2,1H3,(H,24,29)(H3,23,25,26,27,28,30). The van der Waals surface area contributed by atoms with E-state index in [4.69, 9.17) is 16.3 Å². The fourth-order valence-corrected chi connectivity index (χ4v) is 3.42. The van der Waals surface area contributed by atoms with Gasteiger partial charge in [0.2, 0.25) is 17.8 Å². The molecule has 0 fully saturated rings. The summed E-state index contributed by atoms with van der Waals surface area (Å²) in [5.41, 5.74) is 0.642. The van der Waals surface area contributed by atoms with Crippen LogP contribution in [0.3, 0.4) is 0 Å². The summed E-state index contributed by atoms with van der Waals surface area (Å²) in [6, 6.07) is 13.7. The number of para-hydroxylation sites is 2. The first-order chi connectivity index (χ1) is 14.9. The lowest BCUT2D eigenvalue weighted by Crippen LogP contribution is -2.36. The van der Waals surface area contributed by atoms with Crippen molar-refractivity contribution < 1.29 is 14.3 Å². The second-order valence-corrected chi connectivity index (χ2v) is 7.24. The van der Waals surface area contributed by atoms with E-state index in [9.17, 15) is 14.4 Å². The molecule has 4 rings (SSSR count). The monoisotopic (exact) mass is 439 g/mol. The van der Waals surface area contributed by atoms with Crippen molar-refractivity contribution in [2.45, 2.75) is 12.3 Å². The number of anilines is 4. The highest BCUT2D eigenvalue weighted by molar-refractivity contribution is 6.30. The van der Waals surface area contributed by atoms with Crippen molar-refractivity contribution in [1.29, 1.82) is 0 Å². The number of benzene rings is 2. The van der Waals surface area contributed by atoms with Crippen molar-refractivity contribution in [2.75, 3.05) is 23.1 Å². The van der Waals surface area contributed by atoms with Crippen LogP contribution in [0.15, 0.2) is 53.3 Å². The van der Waals surface area contributed by atoms with Crippen molar-refractivity contribution in [3.8, 4) is 5.75 Å². The predicted octanol–water partition coefficient (Wildman–Crippen LogP) is 3.24. The number of amides is 2. The van der Waals surface area contributed by atoms with Crippen LogP contribution in [0, 0.1) is 0 Å². The summed E-state index contributed by atoms with van der Waals surface area (Å²) in [6.07, 6.45) is -0.178. The molecule has 2 aromatic carbocycles. The minimum absolute atomic E-state index is 0.0386. The Morgan fingerprint density at radius 2 is 1.90 bits per heavy atom. The van der Waals surface area contributed by atoms with Crippen LogP contribution in [0.2, 0.25) is 5.02 Å². The number of halogens is 1. The average molecular weight is 440 g/mol. The van der Waals surface area contributed by atoms with E-state index in [0.717, 1.165) is 0 Å². The Kier molecular flexibility index (Phi) is 5.59. The second kappa shape index (κ2) is 8.49. The normalized spacial score (nSPS) is 14.9. The maximum absolute atomic E-state index is 12.9. The number of H-pyrrole nitrogens is 1. The van der Waals surface area contributed by atoms with Gasteiger partial charge >= 0.3 is 0 Å².